The van der Waals surface area contributed by atoms with Crippen molar-refractivity contribution in [1.82, 2.24) is 0 Å². The Morgan fingerprint density at radius 1 is 0.534 bits per heavy atom. The number of benzene rings is 4. The number of rotatable bonds is 13. The van der Waals surface area contributed by atoms with Crippen LogP contribution in [0.15, 0.2) is 83.9 Å². The van der Waals surface area contributed by atoms with Crippen LogP contribution in [0.25, 0.3) is 34.4 Å². The molecule has 0 aliphatic heterocycles. The Balaban J connectivity index is 1.34. The monoisotopic (exact) mass is 905 g/mol. The van der Waals surface area contributed by atoms with Gasteiger partial charge in [-0.3, -0.25) is 0 Å². The van der Waals surface area contributed by atoms with E-state index in [-0.39, 0.29) is 7.25 Å². The van der Waals surface area contributed by atoms with Crippen molar-refractivity contribution in [2.45, 2.75) is 151 Å². The first-order valence-electron chi connectivity index (χ1n) is 23.5. The SMILES string of the molecule is CCCc1ccc(-c2ccc(C)c3c2C=C(CC2CCCCC2)[CH]3[Zr]([Cl])([Cl])([CH]2C(CC3CCCCC3)=Cc3c(-c4ccc(CCC)cc4)ccc(C)c32)[SiH](C)C)cc1. The molecule has 307 valence electrons. The molecule has 58 heavy (non-hydrogen) atoms. The van der Waals surface area contributed by atoms with E-state index in [0.29, 0.717) is 11.8 Å². The number of hydrogen-bond acceptors (Lipinski definition) is 0. The fraction of sp³-hybridized carbons (Fsp3) is 0.481. The molecule has 0 nitrogen and oxygen atoms in total. The van der Waals surface area contributed by atoms with E-state index in [9.17, 15) is 17.0 Å². The van der Waals surface area contributed by atoms with Gasteiger partial charge in [0.1, 0.15) is 0 Å². The predicted octanol–water partition coefficient (Wildman–Crippen LogP) is 17.0. The molecule has 4 aliphatic rings. The second kappa shape index (κ2) is 17.8. The Kier molecular flexibility index (Phi) is 13.1. The van der Waals surface area contributed by atoms with Gasteiger partial charge in [0.25, 0.3) is 0 Å². The zero-order valence-electron chi connectivity index (χ0n) is 36.5. The molecule has 4 aromatic carbocycles. The molecule has 0 saturated heterocycles. The minimum atomic E-state index is -5.06. The van der Waals surface area contributed by atoms with Crippen LogP contribution in [-0.4, -0.2) is 5.92 Å². The van der Waals surface area contributed by atoms with Gasteiger partial charge in [0, 0.05) is 0 Å². The van der Waals surface area contributed by atoms with E-state index < -0.39 is 21.5 Å². The van der Waals surface area contributed by atoms with Crippen molar-refractivity contribution in [3.63, 3.8) is 0 Å². The van der Waals surface area contributed by atoms with Gasteiger partial charge in [0.2, 0.25) is 0 Å². The van der Waals surface area contributed by atoms with Crippen molar-refractivity contribution >= 4 is 35.1 Å². The molecule has 2 fully saturated rings. The Morgan fingerprint density at radius 2 is 0.914 bits per heavy atom. The van der Waals surface area contributed by atoms with E-state index >= 15 is 0 Å². The summed E-state index contributed by atoms with van der Waals surface area (Å²) in [5, 5.41) is 0. The maximum absolute atomic E-state index is 9.23. The fourth-order valence-electron chi connectivity index (χ4n) is 12.2. The van der Waals surface area contributed by atoms with E-state index in [4.69, 9.17) is 0 Å². The number of aryl methyl sites for hydroxylation is 4. The zero-order valence-corrected chi connectivity index (χ0v) is 41.7. The summed E-state index contributed by atoms with van der Waals surface area (Å²) in [6, 6.07) is 28.6. The molecule has 0 spiro atoms. The van der Waals surface area contributed by atoms with Crippen molar-refractivity contribution in [3.05, 3.63) is 128 Å². The van der Waals surface area contributed by atoms with E-state index in [1.165, 1.54) is 144 Å². The van der Waals surface area contributed by atoms with Crippen LogP contribution < -0.4 is 0 Å². The Hall–Kier alpha value is -1.96. The van der Waals surface area contributed by atoms with Gasteiger partial charge in [-0.25, -0.2) is 0 Å². The van der Waals surface area contributed by atoms with E-state index in [1.54, 1.807) is 11.1 Å². The molecule has 0 radical (unpaired) electrons. The second-order valence-electron chi connectivity index (χ2n) is 19.5. The Bertz CT molecular complexity index is 2010. The van der Waals surface area contributed by atoms with Gasteiger partial charge in [0.05, 0.1) is 0 Å². The van der Waals surface area contributed by atoms with Crippen LogP contribution >= 0.6 is 17.0 Å². The Morgan fingerprint density at radius 3 is 1.26 bits per heavy atom. The van der Waals surface area contributed by atoms with E-state index in [0.717, 1.165) is 25.7 Å². The van der Waals surface area contributed by atoms with Crippen LogP contribution in [0, 0.1) is 25.7 Å². The second-order valence-corrected chi connectivity index (χ2v) is 62.0. The Labute approximate surface area is 361 Å². The summed E-state index contributed by atoms with van der Waals surface area (Å²) in [4.78, 5) is 0. The van der Waals surface area contributed by atoms with Crippen LogP contribution in [0.2, 0.25) is 13.1 Å². The first kappa shape index (κ1) is 42.7. The van der Waals surface area contributed by atoms with Crippen molar-refractivity contribution in [3.8, 4) is 22.3 Å². The summed E-state index contributed by atoms with van der Waals surface area (Å²) < 4.78 is 0.268. The standard InChI is InChI=1S/2C26H31.C2H7Si.2ClH.Zr/c2*1-3-7-20-11-13-23(14-12-20)24-15-10-19(2)25-17-22(18-26(24)25)16-21-8-5-4-6-9-21;1-3-2;;;/h2*10-15,17-18,21H,3-9,16H2,1-2H3;3H,1-2H3;2*1H;/q;;;;;+2/p-2. The summed E-state index contributed by atoms with van der Waals surface area (Å²) in [6.45, 7) is 14.4. The molecule has 0 heterocycles. The maximum atomic E-state index is 9.23. The molecule has 8 rings (SSSR count). The third-order valence-electron chi connectivity index (χ3n) is 15.3. The third-order valence-corrected chi connectivity index (χ3v) is 67.0. The minimum absolute atomic E-state index is 0.134. The molecule has 4 aromatic rings. The molecule has 2 unspecified atom stereocenters. The third kappa shape index (κ3) is 7.98. The molecule has 0 N–H and O–H groups in total. The van der Waals surface area contributed by atoms with Crippen molar-refractivity contribution < 1.29 is 15.6 Å². The average molecular weight is 908 g/mol. The van der Waals surface area contributed by atoms with E-state index in [1.807, 2.05) is 0 Å². The average Bonchev–Trinajstić information content (AvgIpc) is 3.81. The topological polar surface area (TPSA) is 0 Å². The summed E-state index contributed by atoms with van der Waals surface area (Å²) in [7, 11) is 18.5. The molecular weight excluding hydrogens is 839 g/mol. The van der Waals surface area contributed by atoms with Crippen molar-refractivity contribution in [2.24, 2.45) is 11.8 Å². The molecule has 4 heteroatoms. The van der Waals surface area contributed by atoms with Gasteiger partial charge in [-0.2, -0.15) is 0 Å². The van der Waals surface area contributed by atoms with Crippen molar-refractivity contribution in [2.75, 3.05) is 0 Å². The molecule has 2 saturated carbocycles. The molecule has 0 aromatic heterocycles. The quantitative estimate of drug-likeness (QED) is 0.117. The molecule has 0 amide bonds. The summed E-state index contributed by atoms with van der Waals surface area (Å²) in [6.07, 6.45) is 25.7. The molecular formula is C54H69Cl2SiZr. The first-order chi connectivity index (χ1) is 28.0. The van der Waals surface area contributed by atoms with E-state index in [2.05, 4.69) is 126 Å². The van der Waals surface area contributed by atoms with Gasteiger partial charge in [-0.15, -0.1) is 0 Å². The summed E-state index contributed by atoms with van der Waals surface area (Å²) in [5.74, 6) is -0.290. The van der Waals surface area contributed by atoms with Crippen LogP contribution in [0.1, 0.15) is 155 Å². The fourth-order valence-corrected chi connectivity index (χ4v) is 43.6. The predicted molar refractivity (Wildman–Crippen MR) is 256 cm³/mol. The van der Waals surface area contributed by atoms with Gasteiger partial charge in [-0.05, 0) is 0 Å². The normalized spacial score (nSPS) is 20.7. The van der Waals surface area contributed by atoms with Crippen molar-refractivity contribution in [1.29, 1.82) is 0 Å². The number of hydrogen-bond donors (Lipinski definition) is 0. The summed E-state index contributed by atoms with van der Waals surface area (Å²) >= 11 is -5.06. The molecule has 4 aliphatic carbocycles. The van der Waals surface area contributed by atoms with Crippen LogP contribution in [0.3, 0.4) is 0 Å². The van der Waals surface area contributed by atoms with Gasteiger partial charge < -0.3 is 0 Å². The van der Waals surface area contributed by atoms with Gasteiger partial charge in [-0.1, -0.05) is 0 Å². The zero-order chi connectivity index (χ0) is 40.6. The van der Waals surface area contributed by atoms with Gasteiger partial charge in [0.15, 0.2) is 0 Å². The first-order valence-corrected chi connectivity index (χ1v) is 39.8. The number of halogens is 2. The number of fused-ring (bicyclic) bond motifs is 2. The van der Waals surface area contributed by atoms with Gasteiger partial charge >= 0.3 is 364 Å². The molecule has 0 bridgehead atoms. The summed E-state index contributed by atoms with van der Waals surface area (Å²) in [5.41, 5.74) is 20.0. The van der Waals surface area contributed by atoms with Crippen LogP contribution in [0.5, 0.6) is 0 Å². The number of allylic oxidation sites excluding steroid dienone is 2. The van der Waals surface area contributed by atoms with Crippen LogP contribution in [0.4, 0.5) is 0 Å². The van der Waals surface area contributed by atoms with Crippen LogP contribution in [-0.2, 0) is 28.4 Å². The molecule has 2 atom stereocenters.